The van der Waals surface area contributed by atoms with E-state index in [1.165, 1.54) is 12.1 Å². The first kappa shape index (κ1) is 16.3. The molecule has 0 spiro atoms. The maximum Gasteiger partial charge on any atom is 0.251 e. The second-order valence-corrected chi connectivity index (χ2v) is 5.71. The molecular weight excluding hydrogens is 330 g/mol. The Morgan fingerprint density at radius 2 is 2.21 bits per heavy atom. The summed E-state index contributed by atoms with van der Waals surface area (Å²) in [6, 6.07) is 4.47. The highest BCUT2D eigenvalue weighted by atomic mass is 79.9. The van der Waals surface area contributed by atoms with Gasteiger partial charge in [0.1, 0.15) is 5.75 Å². The minimum Gasteiger partial charge on any atom is -0.506 e. The van der Waals surface area contributed by atoms with Crippen molar-refractivity contribution in [3.05, 3.63) is 28.8 Å². The van der Waals surface area contributed by atoms with Gasteiger partial charge < -0.3 is 10.4 Å². The van der Waals surface area contributed by atoms with Crippen molar-refractivity contribution < 1.29 is 9.90 Å². The zero-order chi connectivity index (χ0) is 14.3. The quantitative estimate of drug-likeness (QED) is 0.732. The van der Waals surface area contributed by atoms with Gasteiger partial charge in [0.05, 0.1) is 5.02 Å². The highest BCUT2D eigenvalue weighted by Gasteiger charge is 2.11. The fraction of sp³-hybridized carbons (Fsp3) is 0.500. The third-order valence-electron chi connectivity index (χ3n) is 2.98. The van der Waals surface area contributed by atoms with E-state index in [0.29, 0.717) is 18.0 Å². The van der Waals surface area contributed by atoms with Gasteiger partial charge in [-0.15, -0.1) is 0 Å². The highest BCUT2D eigenvalue weighted by molar-refractivity contribution is 9.09. The summed E-state index contributed by atoms with van der Waals surface area (Å²) in [4.78, 5) is 12.0. The van der Waals surface area contributed by atoms with E-state index < -0.39 is 0 Å². The lowest BCUT2D eigenvalue weighted by Gasteiger charge is -2.15. The number of phenols is 1. The molecule has 5 heteroatoms. The molecule has 1 rings (SSSR count). The van der Waals surface area contributed by atoms with Crippen molar-refractivity contribution >= 4 is 33.4 Å². The van der Waals surface area contributed by atoms with Crippen LogP contribution in [0.3, 0.4) is 0 Å². The molecule has 1 aromatic carbocycles. The highest BCUT2D eigenvalue weighted by Crippen LogP contribution is 2.23. The van der Waals surface area contributed by atoms with Crippen LogP contribution in [-0.2, 0) is 0 Å². The van der Waals surface area contributed by atoms with E-state index in [2.05, 4.69) is 28.2 Å². The van der Waals surface area contributed by atoms with Crippen molar-refractivity contribution in [2.45, 2.75) is 26.2 Å². The smallest absolute Gasteiger partial charge is 0.251 e. The van der Waals surface area contributed by atoms with E-state index in [9.17, 15) is 9.90 Å². The van der Waals surface area contributed by atoms with Crippen molar-refractivity contribution in [3.8, 4) is 5.75 Å². The summed E-state index contributed by atoms with van der Waals surface area (Å²) in [7, 11) is 0. The van der Waals surface area contributed by atoms with Crippen LogP contribution in [-0.4, -0.2) is 22.9 Å². The van der Waals surface area contributed by atoms with Gasteiger partial charge in [0, 0.05) is 17.4 Å². The van der Waals surface area contributed by atoms with Crippen LogP contribution in [0.25, 0.3) is 0 Å². The van der Waals surface area contributed by atoms with Crippen LogP contribution in [0.1, 0.15) is 36.5 Å². The van der Waals surface area contributed by atoms with Gasteiger partial charge in [-0.05, 0) is 37.0 Å². The summed E-state index contributed by atoms with van der Waals surface area (Å²) in [6.07, 6.45) is 3.26. The number of rotatable bonds is 7. The van der Waals surface area contributed by atoms with Crippen LogP contribution in [0, 0.1) is 5.92 Å². The first-order valence-electron chi connectivity index (χ1n) is 6.41. The van der Waals surface area contributed by atoms with Crippen LogP contribution < -0.4 is 5.32 Å². The largest absolute Gasteiger partial charge is 0.506 e. The van der Waals surface area contributed by atoms with Gasteiger partial charge in [-0.1, -0.05) is 40.9 Å². The zero-order valence-corrected chi connectivity index (χ0v) is 13.3. The van der Waals surface area contributed by atoms with Gasteiger partial charge >= 0.3 is 0 Å². The Hall–Kier alpha value is -0.740. The number of carbonyl (C=O) groups is 1. The van der Waals surface area contributed by atoms with E-state index in [1.807, 2.05) is 0 Å². The van der Waals surface area contributed by atoms with Crippen molar-refractivity contribution in [1.82, 2.24) is 5.32 Å². The number of halogens is 2. The number of hydrogen-bond donors (Lipinski definition) is 2. The predicted molar refractivity (Wildman–Crippen MR) is 82.3 cm³/mol. The predicted octanol–water partition coefficient (Wildman–Crippen LogP) is 3.98. The fourth-order valence-corrected chi connectivity index (χ4v) is 2.73. The number of carbonyl (C=O) groups excluding carboxylic acids is 1. The van der Waals surface area contributed by atoms with Crippen molar-refractivity contribution in [2.75, 3.05) is 11.9 Å². The summed E-state index contributed by atoms with van der Waals surface area (Å²) in [5.74, 6) is 0.319. The topological polar surface area (TPSA) is 49.3 Å². The van der Waals surface area contributed by atoms with E-state index in [-0.39, 0.29) is 16.7 Å². The first-order chi connectivity index (χ1) is 9.08. The third-order valence-corrected chi connectivity index (χ3v) is 3.74. The van der Waals surface area contributed by atoms with Crippen LogP contribution in [0.15, 0.2) is 18.2 Å². The van der Waals surface area contributed by atoms with Crippen molar-refractivity contribution in [1.29, 1.82) is 0 Å². The molecule has 0 saturated carbocycles. The lowest BCUT2D eigenvalue weighted by atomic mass is 10.0. The first-order valence-corrected chi connectivity index (χ1v) is 7.91. The van der Waals surface area contributed by atoms with Gasteiger partial charge in [-0.3, -0.25) is 4.79 Å². The summed E-state index contributed by atoms with van der Waals surface area (Å²) < 4.78 is 0. The molecular formula is C14H19BrClNO2. The second-order valence-electron chi connectivity index (χ2n) is 4.51. The zero-order valence-electron chi connectivity index (χ0n) is 11.0. The van der Waals surface area contributed by atoms with Crippen LogP contribution in [0.2, 0.25) is 5.02 Å². The van der Waals surface area contributed by atoms with Crippen molar-refractivity contribution in [2.24, 2.45) is 5.92 Å². The summed E-state index contributed by atoms with van der Waals surface area (Å²) in [5, 5.41) is 13.4. The summed E-state index contributed by atoms with van der Waals surface area (Å²) in [5.41, 5.74) is 0.469. The number of hydrogen-bond acceptors (Lipinski definition) is 2. The fourth-order valence-electron chi connectivity index (χ4n) is 1.90. The minimum atomic E-state index is -0.155. The Morgan fingerprint density at radius 3 is 2.79 bits per heavy atom. The van der Waals surface area contributed by atoms with Gasteiger partial charge in [0.15, 0.2) is 0 Å². The number of aromatic hydroxyl groups is 1. The third kappa shape index (κ3) is 5.41. The molecule has 0 heterocycles. The Morgan fingerprint density at radius 1 is 1.47 bits per heavy atom. The molecule has 1 atom stereocenters. The average Bonchev–Trinajstić information content (AvgIpc) is 2.39. The number of nitrogens with one attached hydrogen (secondary N) is 1. The average molecular weight is 349 g/mol. The van der Waals surface area contributed by atoms with Crippen LogP contribution in [0.4, 0.5) is 0 Å². The number of amides is 1. The molecule has 0 aliphatic heterocycles. The lowest BCUT2D eigenvalue weighted by Crippen LogP contribution is -2.29. The molecule has 1 aromatic rings. The molecule has 1 unspecified atom stereocenters. The lowest BCUT2D eigenvalue weighted by molar-refractivity contribution is 0.0946. The van der Waals surface area contributed by atoms with Gasteiger partial charge in [0.25, 0.3) is 5.91 Å². The molecule has 0 aliphatic rings. The van der Waals surface area contributed by atoms with E-state index in [0.717, 1.165) is 24.6 Å². The molecule has 2 N–H and O–H groups in total. The van der Waals surface area contributed by atoms with Crippen LogP contribution >= 0.6 is 27.5 Å². The maximum atomic E-state index is 12.0. The Balaban J connectivity index is 2.56. The summed E-state index contributed by atoms with van der Waals surface area (Å²) in [6.45, 7) is 2.81. The molecule has 0 radical (unpaired) electrons. The Bertz CT molecular complexity index is 420. The standard InChI is InChI=1S/C14H19BrClNO2/c1-2-3-10(6-7-15)9-17-14(19)11-4-5-13(18)12(16)8-11/h4-5,8,10,18H,2-3,6-7,9H2,1H3,(H,17,19). The number of phenolic OH excluding ortho intramolecular Hbond substituents is 1. The van der Waals surface area contributed by atoms with Crippen molar-refractivity contribution in [3.63, 3.8) is 0 Å². The van der Waals surface area contributed by atoms with Gasteiger partial charge in [0.2, 0.25) is 0 Å². The molecule has 106 valence electrons. The molecule has 0 aliphatic carbocycles. The normalized spacial score (nSPS) is 12.2. The van der Waals surface area contributed by atoms with E-state index in [1.54, 1.807) is 6.07 Å². The summed E-state index contributed by atoms with van der Waals surface area (Å²) >= 11 is 9.22. The molecule has 0 saturated heterocycles. The van der Waals surface area contributed by atoms with E-state index in [4.69, 9.17) is 11.6 Å². The monoisotopic (exact) mass is 347 g/mol. The van der Waals surface area contributed by atoms with Crippen LogP contribution in [0.5, 0.6) is 5.75 Å². The SMILES string of the molecule is CCCC(CCBr)CNC(=O)c1ccc(O)c(Cl)c1. The number of benzene rings is 1. The van der Waals surface area contributed by atoms with Gasteiger partial charge in [-0.2, -0.15) is 0 Å². The minimum absolute atomic E-state index is 0.0126. The molecule has 0 fully saturated rings. The second kappa shape index (κ2) is 8.43. The molecule has 0 aromatic heterocycles. The Kier molecular flexibility index (Phi) is 7.24. The molecule has 3 nitrogen and oxygen atoms in total. The molecule has 19 heavy (non-hydrogen) atoms. The molecule has 1 amide bonds. The Labute approximate surface area is 127 Å². The maximum absolute atomic E-state index is 12.0. The number of alkyl halides is 1. The molecule has 0 bridgehead atoms. The van der Waals surface area contributed by atoms with E-state index >= 15 is 0 Å². The van der Waals surface area contributed by atoms with Gasteiger partial charge in [-0.25, -0.2) is 0 Å².